The summed E-state index contributed by atoms with van der Waals surface area (Å²) in [6, 6.07) is 5.66. The fourth-order valence-corrected chi connectivity index (χ4v) is 2.93. The number of nitrogens with one attached hydrogen (secondary N) is 1. The molecular formula is C20H21F3N6O2. The summed E-state index contributed by atoms with van der Waals surface area (Å²) in [6.07, 6.45) is 3.39. The molecule has 8 nitrogen and oxygen atoms in total. The lowest BCUT2D eigenvalue weighted by Gasteiger charge is -2.31. The zero-order chi connectivity index (χ0) is 22.4. The maximum absolute atomic E-state index is 14.2. The third-order valence-electron chi connectivity index (χ3n) is 4.34. The van der Waals surface area contributed by atoms with Gasteiger partial charge in [-0.3, -0.25) is 0 Å². The second-order valence-corrected chi connectivity index (χ2v) is 6.65. The number of rotatable bonds is 7. The van der Waals surface area contributed by atoms with Crippen LogP contribution >= 0.6 is 0 Å². The zero-order valence-electron chi connectivity index (χ0n) is 16.6. The monoisotopic (exact) mass is 434 g/mol. The van der Waals surface area contributed by atoms with Crippen molar-refractivity contribution in [2.45, 2.75) is 19.6 Å². The van der Waals surface area contributed by atoms with Crippen LogP contribution in [0.15, 0.2) is 41.5 Å². The SMILES string of the molecule is CC1CN(c2ncc(F)c(N=C(N)/C=C(\C=N)c3ccc(OC(F)F)cc3)n2)CCO1. The Balaban J connectivity index is 1.82. The van der Waals surface area contributed by atoms with Crippen LogP contribution in [0.4, 0.5) is 24.9 Å². The van der Waals surface area contributed by atoms with E-state index in [9.17, 15) is 13.2 Å². The summed E-state index contributed by atoms with van der Waals surface area (Å²) in [6.45, 7) is 0.628. The molecule has 0 spiro atoms. The van der Waals surface area contributed by atoms with E-state index in [-0.39, 0.29) is 23.5 Å². The molecule has 164 valence electrons. The van der Waals surface area contributed by atoms with Gasteiger partial charge < -0.3 is 25.5 Å². The number of halogens is 3. The number of amidine groups is 1. The molecular weight excluding hydrogens is 413 g/mol. The van der Waals surface area contributed by atoms with Gasteiger partial charge in [-0.2, -0.15) is 13.8 Å². The van der Waals surface area contributed by atoms with Crippen molar-refractivity contribution in [3.8, 4) is 5.75 Å². The van der Waals surface area contributed by atoms with Gasteiger partial charge in [-0.25, -0.2) is 14.4 Å². The lowest BCUT2D eigenvalue weighted by atomic mass is 10.1. The topological polar surface area (TPSA) is 110 Å². The van der Waals surface area contributed by atoms with Crippen molar-refractivity contribution in [3.05, 3.63) is 47.9 Å². The molecule has 1 aromatic carbocycles. The molecule has 1 aliphatic heterocycles. The molecule has 0 amide bonds. The number of aliphatic imine (C=N–C) groups is 1. The predicted molar refractivity (Wildman–Crippen MR) is 111 cm³/mol. The molecule has 3 N–H and O–H groups in total. The average Bonchev–Trinajstić information content (AvgIpc) is 2.74. The van der Waals surface area contributed by atoms with Gasteiger partial charge in [0.25, 0.3) is 0 Å². The van der Waals surface area contributed by atoms with Crippen LogP contribution in [0.5, 0.6) is 5.75 Å². The molecule has 1 atom stereocenters. The molecule has 3 rings (SSSR count). The van der Waals surface area contributed by atoms with E-state index in [1.165, 1.54) is 30.3 Å². The van der Waals surface area contributed by atoms with Gasteiger partial charge >= 0.3 is 6.61 Å². The summed E-state index contributed by atoms with van der Waals surface area (Å²) in [7, 11) is 0. The maximum atomic E-state index is 14.2. The first-order chi connectivity index (χ1) is 14.9. The lowest BCUT2D eigenvalue weighted by Crippen LogP contribution is -2.42. The molecule has 1 aromatic heterocycles. The number of hydrogen-bond acceptors (Lipinski definition) is 7. The summed E-state index contributed by atoms with van der Waals surface area (Å²) in [4.78, 5) is 14.0. The van der Waals surface area contributed by atoms with Gasteiger partial charge in [0.15, 0.2) is 11.6 Å². The van der Waals surface area contributed by atoms with Crippen LogP contribution in [0, 0.1) is 11.2 Å². The average molecular weight is 434 g/mol. The highest BCUT2D eigenvalue weighted by Crippen LogP contribution is 2.21. The van der Waals surface area contributed by atoms with E-state index in [0.717, 1.165) is 12.4 Å². The fourth-order valence-electron chi connectivity index (χ4n) is 2.93. The quantitative estimate of drug-likeness (QED) is 0.512. The van der Waals surface area contributed by atoms with Crippen LogP contribution in [0.1, 0.15) is 12.5 Å². The molecule has 2 aromatic rings. The Morgan fingerprint density at radius 1 is 1.39 bits per heavy atom. The van der Waals surface area contributed by atoms with E-state index in [1.54, 1.807) is 0 Å². The number of morpholine rings is 1. The molecule has 1 unspecified atom stereocenters. The van der Waals surface area contributed by atoms with Crippen molar-refractivity contribution in [2.75, 3.05) is 24.6 Å². The third-order valence-corrected chi connectivity index (χ3v) is 4.34. The van der Waals surface area contributed by atoms with Crippen molar-refractivity contribution in [3.63, 3.8) is 0 Å². The maximum Gasteiger partial charge on any atom is 0.387 e. The fraction of sp³-hybridized carbons (Fsp3) is 0.300. The number of anilines is 1. The summed E-state index contributed by atoms with van der Waals surface area (Å²) < 4.78 is 48.5. The van der Waals surface area contributed by atoms with Crippen LogP contribution in [-0.2, 0) is 4.74 Å². The third kappa shape index (κ3) is 6.01. The lowest BCUT2D eigenvalue weighted by molar-refractivity contribution is -0.0498. The molecule has 1 fully saturated rings. The molecule has 11 heteroatoms. The van der Waals surface area contributed by atoms with Gasteiger partial charge in [0, 0.05) is 24.9 Å². The Morgan fingerprint density at radius 2 is 2.13 bits per heavy atom. The number of nitrogens with zero attached hydrogens (tertiary/aromatic N) is 4. The Morgan fingerprint density at radius 3 is 2.77 bits per heavy atom. The summed E-state index contributed by atoms with van der Waals surface area (Å²) >= 11 is 0. The van der Waals surface area contributed by atoms with E-state index in [0.29, 0.717) is 36.8 Å². The van der Waals surface area contributed by atoms with Crippen molar-refractivity contribution in [1.82, 2.24) is 9.97 Å². The standard InChI is InChI=1S/C20H21F3N6O2/c1-12-11-29(6-7-30-12)20-26-10-16(21)18(28-20)27-17(25)8-14(9-24)13-2-4-15(5-3-13)31-19(22)23/h2-5,8-10,12,19,24H,6-7,11H2,1H3,(H2,25,26,27,28)/b14-8+,24-9?. The van der Waals surface area contributed by atoms with Crippen molar-refractivity contribution < 1.29 is 22.6 Å². The first kappa shape index (κ1) is 22.2. The van der Waals surface area contributed by atoms with Crippen LogP contribution in [0.2, 0.25) is 0 Å². The summed E-state index contributed by atoms with van der Waals surface area (Å²) in [5.41, 5.74) is 6.77. The largest absolute Gasteiger partial charge is 0.435 e. The summed E-state index contributed by atoms with van der Waals surface area (Å²) in [5, 5.41) is 7.59. The predicted octanol–water partition coefficient (Wildman–Crippen LogP) is 3.16. The normalized spacial score (nSPS) is 17.7. The van der Waals surface area contributed by atoms with Gasteiger partial charge in [-0.05, 0) is 30.7 Å². The Hall–Kier alpha value is -3.47. The van der Waals surface area contributed by atoms with Crippen LogP contribution < -0.4 is 15.4 Å². The van der Waals surface area contributed by atoms with E-state index < -0.39 is 12.4 Å². The van der Waals surface area contributed by atoms with Crippen molar-refractivity contribution in [1.29, 1.82) is 5.41 Å². The number of ether oxygens (including phenoxy) is 2. The minimum absolute atomic E-state index is 0.00464. The smallest absolute Gasteiger partial charge is 0.387 e. The van der Waals surface area contributed by atoms with E-state index >= 15 is 0 Å². The molecule has 1 saturated heterocycles. The number of allylic oxidation sites excluding steroid dienone is 1. The van der Waals surface area contributed by atoms with E-state index in [4.69, 9.17) is 15.9 Å². The molecule has 31 heavy (non-hydrogen) atoms. The molecule has 0 saturated carbocycles. The van der Waals surface area contributed by atoms with Crippen LogP contribution in [-0.4, -0.2) is 54.4 Å². The van der Waals surface area contributed by atoms with Gasteiger partial charge in [-0.15, -0.1) is 0 Å². The van der Waals surface area contributed by atoms with E-state index in [2.05, 4.69) is 19.7 Å². The Labute approximate surface area is 176 Å². The molecule has 0 bridgehead atoms. The minimum Gasteiger partial charge on any atom is -0.435 e. The molecule has 2 heterocycles. The number of benzene rings is 1. The number of nitrogens with two attached hydrogens (primary N) is 1. The van der Waals surface area contributed by atoms with Gasteiger partial charge in [0.05, 0.1) is 18.9 Å². The minimum atomic E-state index is -2.93. The van der Waals surface area contributed by atoms with Gasteiger partial charge in [-0.1, -0.05) is 12.1 Å². The van der Waals surface area contributed by atoms with Crippen LogP contribution in [0.25, 0.3) is 5.57 Å². The van der Waals surface area contributed by atoms with Gasteiger partial charge in [0.2, 0.25) is 5.95 Å². The second kappa shape index (κ2) is 10.0. The molecule has 0 radical (unpaired) electrons. The molecule has 0 aliphatic carbocycles. The van der Waals surface area contributed by atoms with Crippen molar-refractivity contribution >= 4 is 29.4 Å². The number of alkyl halides is 2. The highest BCUT2D eigenvalue weighted by atomic mass is 19.3. The van der Waals surface area contributed by atoms with Gasteiger partial charge in [0.1, 0.15) is 11.6 Å². The second-order valence-electron chi connectivity index (χ2n) is 6.65. The summed E-state index contributed by atoms with van der Waals surface area (Å²) in [5.74, 6) is -0.772. The first-order valence-electron chi connectivity index (χ1n) is 9.36. The Bertz CT molecular complexity index is 981. The molecule has 1 aliphatic rings. The van der Waals surface area contributed by atoms with Crippen LogP contribution in [0.3, 0.4) is 0 Å². The zero-order valence-corrected chi connectivity index (χ0v) is 16.6. The highest BCUT2D eigenvalue weighted by Gasteiger charge is 2.20. The Kier molecular flexibility index (Phi) is 7.19. The number of aromatic nitrogens is 2. The number of hydrogen-bond donors (Lipinski definition) is 2. The highest BCUT2D eigenvalue weighted by molar-refractivity contribution is 6.15. The first-order valence-corrected chi connectivity index (χ1v) is 9.36. The van der Waals surface area contributed by atoms with Crippen molar-refractivity contribution in [2.24, 2.45) is 10.7 Å². The van der Waals surface area contributed by atoms with E-state index in [1.807, 2.05) is 11.8 Å².